The molecule has 0 unspecified atom stereocenters. The van der Waals surface area contributed by atoms with Crippen molar-refractivity contribution in [3.05, 3.63) is 28.8 Å². The van der Waals surface area contributed by atoms with Gasteiger partial charge >= 0.3 is 0 Å². The molecule has 1 aromatic carbocycles. The molecule has 1 aliphatic carbocycles. The van der Waals surface area contributed by atoms with Crippen LogP contribution >= 0.6 is 11.6 Å². The Hall–Kier alpha value is -1.88. The zero-order valence-electron chi connectivity index (χ0n) is 11.6. The molecule has 0 atom stereocenters. The first-order valence-corrected chi connectivity index (χ1v) is 7.36. The minimum atomic E-state index is -0.660. The Morgan fingerprint density at radius 1 is 1.38 bits per heavy atom. The number of Topliss-reactive ketones (excluding diaryl/α,β-unsaturated/α-hetero) is 1. The van der Waals surface area contributed by atoms with Gasteiger partial charge in [0.15, 0.2) is 0 Å². The molecule has 3 rings (SSSR count). The van der Waals surface area contributed by atoms with Crippen molar-refractivity contribution in [2.75, 3.05) is 18.0 Å². The summed E-state index contributed by atoms with van der Waals surface area (Å²) < 4.78 is 0. The summed E-state index contributed by atoms with van der Waals surface area (Å²) in [5.41, 5.74) is 0.740. The number of hydrogen-bond donors (Lipinski definition) is 0. The van der Waals surface area contributed by atoms with E-state index in [1.165, 1.54) is 11.0 Å². The number of benzene rings is 1. The monoisotopic (exact) mass is 306 g/mol. The number of nitrogens with zero attached hydrogens (tertiary/aromatic N) is 2. The van der Waals surface area contributed by atoms with Gasteiger partial charge in [-0.3, -0.25) is 19.3 Å². The number of hydrogen-bond acceptors (Lipinski definition) is 3. The Morgan fingerprint density at radius 3 is 2.71 bits per heavy atom. The topological polar surface area (TPSA) is 57.7 Å². The summed E-state index contributed by atoms with van der Waals surface area (Å²) in [5.74, 6) is -1.38. The van der Waals surface area contributed by atoms with Crippen LogP contribution in [0.15, 0.2) is 18.2 Å². The summed E-state index contributed by atoms with van der Waals surface area (Å²) in [6.07, 6.45) is 2.03. The molecule has 0 bridgehead atoms. The molecular formula is C15H15ClN2O3. The lowest BCUT2D eigenvalue weighted by molar-refractivity contribution is -0.131. The minimum absolute atomic E-state index is 0.0937. The van der Waals surface area contributed by atoms with Gasteiger partial charge in [-0.2, -0.15) is 0 Å². The summed E-state index contributed by atoms with van der Waals surface area (Å²) in [5, 5.41) is 0.399. The molecule has 0 N–H and O–H groups in total. The number of halogens is 1. The third kappa shape index (κ3) is 2.42. The first kappa shape index (κ1) is 14.1. The fourth-order valence-electron chi connectivity index (χ4n) is 2.68. The highest BCUT2D eigenvalue weighted by molar-refractivity contribution is 6.53. The number of carbonyl (C=O) groups is 3. The highest BCUT2D eigenvalue weighted by atomic mass is 35.5. The van der Waals surface area contributed by atoms with E-state index in [-0.39, 0.29) is 18.0 Å². The predicted octanol–water partition coefficient (Wildman–Crippen LogP) is 1.88. The summed E-state index contributed by atoms with van der Waals surface area (Å²) in [4.78, 5) is 39.4. The number of rotatable bonds is 4. The van der Waals surface area contributed by atoms with Gasteiger partial charge in [-0.15, -0.1) is 0 Å². The average molecular weight is 307 g/mol. The van der Waals surface area contributed by atoms with Crippen LogP contribution in [-0.2, 0) is 9.59 Å². The van der Waals surface area contributed by atoms with Crippen molar-refractivity contribution in [1.29, 1.82) is 0 Å². The van der Waals surface area contributed by atoms with Crippen molar-refractivity contribution in [2.24, 2.45) is 0 Å². The van der Waals surface area contributed by atoms with Crippen LogP contribution in [0.25, 0.3) is 0 Å². The van der Waals surface area contributed by atoms with Gasteiger partial charge < -0.3 is 4.90 Å². The lowest BCUT2D eigenvalue weighted by Crippen LogP contribution is -2.43. The number of anilines is 1. The second-order valence-electron chi connectivity index (χ2n) is 5.29. The molecule has 0 spiro atoms. The van der Waals surface area contributed by atoms with Crippen LogP contribution in [-0.4, -0.2) is 41.6 Å². The second-order valence-corrected chi connectivity index (χ2v) is 5.73. The third-order valence-corrected chi connectivity index (χ3v) is 4.11. The molecule has 1 saturated carbocycles. The van der Waals surface area contributed by atoms with Gasteiger partial charge in [0.2, 0.25) is 5.91 Å². The highest BCUT2D eigenvalue weighted by Gasteiger charge is 2.39. The number of carbonyl (C=O) groups excluding carboxylic acids is 3. The molecule has 2 amide bonds. The van der Waals surface area contributed by atoms with Crippen molar-refractivity contribution >= 4 is 34.9 Å². The zero-order chi connectivity index (χ0) is 15.1. The molecule has 0 aromatic heterocycles. The first-order valence-electron chi connectivity index (χ1n) is 6.98. The lowest BCUT2D eigenvalue weighted by Gasteiger charge is -2.24. The van der Waals surface area contributed by atoms with Gasteiger partial charge in [-0.05, 0) is 38.0 Å². The van der Waals surface area contributed by atoms with Crippen LogP contribution in [0.5, 0.6) is 0 Å². The van der Waals surface area contributed by atoms with E-state index in [9.17, 15) is 14.4 Å². The maximum atomic E-state index is 12.3. The van der Waals surface area contributed by atoms with Gasteiger partial charge in [0, 0.05) is 17.6 Å². The Kier molecular flexibility index (Phi) is 3.45. The molecule has 1 aromatic rings. The number of fused-ring (bicyclic) bond motifs is 1. The summed E-state index contributed by atoms with van der Waals surface area (Å²) >= 11 is 5.86. The molecule has 21 heavy (non-hydrogen) atoms. The van der Waals surface area contributed by atoms with E-state index in [1.807, 2.05) is 6.92 Å². The standard InChI is InChI=1S/C15H15ClN2O3/c1-2-17(10-4-5-10)13(19)8-18-12-6-3-9(16)7-11(12)14(20)15(18)21/h3,6-7,10H,2,4-5,8H2,1H3. The van der Waals surface area contributed by atoms with Crippen LogP contribution in [0.4, 0.5) is 5.69 Å². The Labute approximate surface area is 127 Å². The molecule has 1 heterocycles. The summed E-state index contributed by atoms with van der Waals surface area (Å²) in [6, 6.07) is 4.99. The Bertz CT molecular complexity index is 640. The smallest absolute Gasteiger partial charge is 0.299 e. The number of likely N-dealkylation sites (N-methyl/N-ethyl adjacent to an activating group) is 1. The van der Waals surface area contributed by atoms with Gasteiger partial charge in [-0.1, -0.05) is 11.6 Å². The van der Waals surface area contributed by atoms with E-state index in [0.717, 1.165) is 12.8 Å². The largest absolute Gasteiger partial charge is 0.338 e. The maximum absolute atomic E-state index is 12.3. The van der Waals surface area contributed by atoms with E-state index in [0.29, 0.717) is 23.3 Å². The molecule has 0 saturated heterocycles. The molecular weight excluding hydrogens is 292 g/mol. The van der Waals surface area contributed by atoms with Crippen molar-refractivity contribution in [3.63, 3.8) is 0 Å². The van der Waals surface area contributed by atoms with E-state index in [4.69, 9.17) is 11.6 Å². The highest BCUT2D eigenvalue weighted by Crippen LogP contribution is 2.32. The van der Waals surface area contributed by atoms with Crippen molar-refractivity contribution in [2.45, 2.75) is 25.8 Å². The van der Waals surface area contributed by atoms with Gasteiger partial charge in [0.25, 0.3) is 11.7 Å². The second kappa shape index (κ2) is 5.15. The minimum Gasteiger partial charge on any atom is -0.338 e. The summed E-state index contributed by atoms with van der Waals surface area (Å²) in [6.45, 7) is 2.44. The van der Waals surface area contributed by atoms with Gasteiger partial charge in [-0.25, -0.2) is 0 Å². The normalized spacial score (nSPS) is 17.1. The van der Waals surface area contributed by atoms with Crippen molar-refractivity contribution in [3.8, 4) is 0 Å². The first-order chi connectivity index (χ1) is 10.0. The predicted molar refractivity (Wildman–Crippen MR) is 78.5 cm³/mol. The fourth-order valence-corrected chi connectivity index (χ4v) is 2.85. The molecule has 2 aliphatic rings. The van der Waals surface area contributed by atoms with E-state index < -0.39 is 11.7 Å². The third-order valence-electron chi connectivity index (χ3n) is 3.88. The Morgan fingerprint density at radius 2 is 2.10 bits per heavy atom. The molecule has 0 radical (unpaired) electrons. The van der Waals surface area contributed by atoms with Crippen LogP contribution < -0.4 is 4.90 Å². The fraction of sp³-hybridized carbons (Fsp3) is 0.400. The molecule has 6 heteroatoms. The maximum Gasteiger partial charge on any atom is 0.299 e. The summed E-state index contributed by atoms with van der Waals surface area (Å²) in [7, 11) is 0. The van der Waals surface area contributed by atoms with Crippen molar-refractivity contribution in [1.82, 2.24) is 4.90 Å². The molecule has 5 nitrogen and oxygen atoms in total. The van der Waals surface area contributed by atoms with Gasteiger partial charge in [0.1, 0.15) is 6.54 Å². The molecule has 110 valence electrons. The van der Waals surface area contributed by atoms with Crippen LogP contribution in [0, 0.1) is 0 Å². The van der Waals surface area contributed by atoms with Crippen molar-refractivity contribution < 1.29 is 14.4 Å². The molecule has 1 fully saturated rings. The molecule has 1 aliphatic heterocycles. The van der Waals surface area contributed by atoms with Crippen LogP contribution in [0.2, 0.25) is 5.02 Å². The van der Waals surface area contributed by atoms with E-state index >= 15 is 0 Å². The SMILES string of the molecule is CCN(C(=O)CN1C(=O)C(=O)c2cc(Cl)ccc21)C1CC1. The van der Waals surface area contributed by atoms with Crippen LogP contribution in [0.3, 0.4) is 0 Å². The number of ketones is 1. The van der Waals surface area contributed by atoms with Crippen LogP contribution in [0.1, 0.15) is 30.1 Å². The quantitative estimate of drug-likeness (QED) is 0.798. The average Bonchev–Trinajstić information content (AvgIpc) is 3.25. The van der Waals surface area contributed by atoms with E-state index in [1.54, 1.807) is 17.0 Å². The Balaban J connectivity index is 1.84. The zero-order valence-corrected chi connectivity index (χ0v) is 12.4. The van der Waals surface area contributed by atoms with Gasteiger partial charge in [0.05, 0.1) is 11.3 Å². The van der Waals surface area contributed by atoms with E-state index in [2.05, 4.69) is 0 Å². The lowest BCUT2D eigenvalue weighted by atomic mass is 10.1. The number of amides is 2.